The van der Waals surface area contributed by atoms with Crippen LogP contribution in [-0.4, -0.2) is 13.2 Å². The molecule has 2 nitrogen and oxygen atoms in total. The van der Waals surface area contributed by atoms with Crippen molar-refractivity contribution in [3.05, 3.63) is 23.8 Å². The van der Waals surface area contributed by atoms with Crippen LogP contribution >= 0.6 is 11.6 Å². The molecule has 1 aliphatic heterocycles. The average Bonchev–Trinajstić information content (AvgIpc) is 2.20. The van der Waals surface area contributed by atoms with E-state index in [4.69, 9.17) is 21.1 Å². The Balaban J connectivity index is 2.39. The highest BCUT2D eigenvalue weighted by Crippen LogP contribution is 2.41. The van der Waals surface area contributed by atoms with Crippen molar-refractivity contribution in [3.8, 4) is 11.5 Å². The maximum absolute atomic E-state index is 6.18. The number of para-hydroxylation sites is 1. The van der Waals surface area contributed by atoms with Crippen LogP contribution in [0.15, 0.2) is 18.2 Å². The highest BCUT2D eigenvalue weighted by molar-refractivity contribution is 6.21. The fourth-order valence-electron chi connectivity index (χ4n) is 1.62. The summed E-state index contributed by atoms with van der Waals surface area (Å²) in [6, 6.07) is 5.86. The summed E-state index contributed by atoms with van der Waals surface area (Å²) in [7, 11) is 0. The molecule has 2 rings (SSSR count). The van der Waals surface area contributed by atoms with Crippen LogP contribution in [-0.2, 0) is 0 Å². The quantitative estimate of drug-likeness (QED) is 0.702. The van der Waals surface area contributed by atoms with Gasteiger partial charge in [-0.15, -0.1) is 11.6 Å². The number of benzene rings is 1. The highest BCUT2D eigenvalue weighted by Gasteiger charge is 2.22. The van der Waals surface area contributed by atoms with Crippen LogP contribution in [0, 0.1) is 0 Å². The third-order valence-electron chi connectivity index (χ3n) is 2.26. The predicted molar refractivity (Wildman–Crippen MR) is 56.3 cm³/mol. The summed E-state index contributed by atoms with van der Waals surface area (Å²) in [5.74, 6) is 1.62. The van der Waals surface area contributed by atoms with Crippen molar-refractivity contribution < 1.29 is 9.47 Å². The first-order chi connectivity index (χ1) is 6.83. The van der Waals surface area contributed by atoms with Crippen molar-refractivity contribution in [2.45, 2.75) is 18.7 Å². The third kappa shape index (κ3) is 1.67. The van der Waals surface area contributed by atoms with Gasteiger partial charge in [0.15, 0.2) is 11.5 Å². The molecule has 0 saturated carbocycles. The molecule has 0 spiro atoms. The zero-order valence-corrected chi connectivity index (χ0v) is 8.88. The number of fused-ring (bicyclic) bond motifs is 1. The lowest BCUT2D eigenvalue weighted by molar-refractivity contribution is 0.255. The number of hydrogen-bond acceptors (Lipinski definition) is 2. The number of ether oxygens (including phenoxy) is 2. The minimum atomic E-state index is 0.0548. The van der Waals surface area contributed by atoms with E-state index in [1.165, 1.54) is 0 Å². The third-order valence-corrected chi connectivity index (χ3v) is 2.72. The van der Waals surface area contributed by atoms with Crippen LogP contribution in [0.4, 0.5) is 0 Å². The molecule has 1 aliphatic rings. The van der Waals surface area contributed by atoms with Crippen LogP contribution in [0.5, 0.6) is 11.5 Å². The Morgan fingerprint density at radius 3 is 3.21 bits per heavy atom. The Kier molecular flexibility index (Phi) is 2.82. The fraction of sp³-hybridized carbons (Fsp3) is 0.455. The second-order valence-electron chi connectivity index (χ2n) is 3.21. The van der Waals surface area contributed by atoms with Crippen LogP contribution < -0.4 is 9.47 Å². The van der Waals surface area contributed by atoms with Crippen molar-refractivity contribution in [1.82, 2.24) is 0 Å². The van der Waals surface area contributed by atoms with Gasteiger partial charge in [0, 0.05) is 12.0 Å². The summed E-state index contributed by atoms with van der Waals surface area (Å²) in [6.45, 7) is 3.28. The Hall–Kier alpha value is -0.890. The smallest absolute Gasteiger partial charge is 0.165 e. The van der Waals surface area contributed by atoms with E-state index in [1.807, 2.05) is 25.1 Å². The molecule has 0 aliphatic carbocycles. The summed E-state index contributed by atoms with van der Waals surface area (Å²) < 4.78 is 11.0. The van der Waals surface area contributed by atoms with Gasteiger partial charge in [-0.05, 0) is 13.0 Å². The second-order valence-corrected chi connectivity index (χ2v) is 3.74. The molecule has 1 heterocycles. The molecule has 0 aromatic heterocycles. The molecule has 1 aromatic rings. The molecular weight excluding hydrogens is 200 g/mol. The Morgan fingerprint density at radius 1 is 1.57 bits per heavy atom. The molecule has 0 bridgehead atoms. The van der Waals surface area contributed by atoms with Gasteiger partial charge in [0.1, 0.15) is 0 Å². The first kappa shape index (κ1) is 9.66. The molecule has 1 aromatic carbocycles. The van der Waals surface area contributed by atoms with Gasteiger partial charge in [-0.25, -0.2) is 0 Å². The molecule has 1 unspecified atom stereocenters. The number of rotatable bonds is 2. The molecule has 0 saturated heterocycles. The summed E-state index contributed by atoms with van der Waals surface area (Å²) in [5.41, 5.74) is 1.05. The number of halogens is 1. The molecule has 0 fully saturated rings. The fourth-order valence-corrected chi connectivity index (χ4v) is 1.88. The Morgan fingerprint density at radius 2 is 2.43 bits per heavy atom. The van der Waals surface area contributed by atoms with E-state index in [0.717, 1.165) is 23.5 Å². The summed E-state index contributed by atoms with van der Waals surface area (Å²) in [5, 5.41) is 0.0548. The standard InChI is InChI=1S/C11H13ClO2/c1-2-13-10-5-3-4-8-9(12)6-7-14-11(8)10/h3-5,9H,2,6-7H2,1H3. The van der Waals surface area contributed by atoms with E-state index in [-0.39, 0.29) is 5.38 Å². The van der Waals surface area contributed by atoms with Gasteiger partial charge in [0.25, 0.3) is 0 Å². The van der Waals surface area contributed by atoms with Gasteiger partial charge in [0.05, 0.1) is 18.6 Å². The van der Waals surface area contributed by atoms with Crippen LogP contribution in [0.1, 0.15) is 24.3 Å². The van der Waals surface area contributed by atoms with E-state index in [9.17, 15) is 0 Å². The van der Waals surface area contributed by atoms with E-state index in [0.29, 0.717) is 13.2 Å². The van der Waals surface area contributed by atoms with Gasteiger partial charge < -0.3 is 9.47 Å². The molecule has 14 heavy (non-hydrogen) atoms. The van der Waals surface area contributed by atoms with E-state index < -0.39 is 0 Å². The topological polar surface area (TPSA) is 18.5 Å². The molecule has 76 valence electrons. The van der Waals surface area contributed by atoms with Gasteiger partial charge in [-0.2, -0.15) is 0 Å². The maximum atomic E-state index is 6.18. The zero-order valence-electron chi connectivity index (χ0n) is 8.13. The number of hydrogen-bond donors (Lipinski definition) is 0. The summed E-state index contributed by atoms with van der Waals surface area (Å²) in [4.78, 5) is 0. The van der Waals surface area contributed by atoms with Crippen molar-refractivity contribution in [3.63, 3.8) is 0 Å². The average molecular weight is 213 g/mol. The minimum Gasteiger partial charge on any atom is -0.490 e. The van der Waals surface area contributed by atoms with Crippen LogP contribution in [0.3, 0.4) is 0 Å². The maximum Gasteiger partial charge on any atom is 0.165 e. The molecule has 0 N–H and O–H groups in total. The Bertz CT molecular complexity index is 325. The second kappa shape index (κ2) is 4.09. The molecule has 0 radical (unpaired) electrons. The van der Waals surface area contributed by atoms with Gasteiger partial charge in [-0.3, -0.25) is 0 Å². The van der Waals surface area contributed by atoms with Crippen molar-refractivity contribution in [1.29, 1.82) is 0 Å². The van der Waals surface area contributed by atoms with Gasteiger partial charge in [-0.1, -0.05) is 12.1 Å². The van der Waals surface area contributed by atoms with Gasteiger partial charge >= 0.3 is 0 Å². The normalized spacial score (nSPS) is 19.7. The van der Waals surface area contributed by atoms with E-state index in [1.54, 1.807) is 0 Å². The lowest BCUT2D eigenvalue weighted by atomic mass is 10.1. The predicted octanol–water partition coefficient (Wildman–Crippen LogP) is 3.15. The summed E-state index contributed by atoms with van der Waals surface area (Å²) >= 11 is 6.18. The zero-order chi connectivity index (χ0) is 9.97. The van der Waals surface area contributed by atoms with Crippen LogP contribution in [0.25, 0.3) is 0 Å². The van der Waals surface area contributed by atoms with E-state index in [2.05, 4.69) is 0 Å². The monoisotopic (exact) mass is 212 g/mol. The number of alkyl halides is 1. The Labute approximate surface area is 88.8 Å². The first-order valence-electron chi connectivity index (χ1n) is 4.85. The molecule has 3 heteroatoms. The minimum absolute atomic E-state index is 0.0548. The lowest BCUT2D eigenvalue weighted by Gasteiger charge is -2.23. The molecule has 1 atom stereocenters. The SMILES string of the molecule is CCOc1cccc2c1OCCC2Cl. The highest BCUT2D eigenvalue weighted by atomic mass is 35.5. The van der Waals surface area contributed by atoms with Gasteiger partial charge in [0.2, 0.25) is 0 Å². The molecule has 0 amide bonds. The van der Waals surface area contributed by atoms with Crippen molar-refractivity contribution >= 4 is 11.6 Å². The largest absolute Gasteiger partial charge is 0.490 e. The summed E-state index contributed by atoms with van der Waals surface area (Å²) in [6.07, 6.45) is 0.865. The van der Waals surface area contributed by atoms with Crippen molar-refractivity contribution in [2.75, 3.05) is 13.2 Å². The first-order valence-corrected chi connectivity index (χ1v) is 5.29. The van der Waals surface area contributed by atoms with E-state index >= 15 is 0 Å². The van der Waals surface area contributed by atoms with Crippen LogP contribution in [0.2, 0.25) is 0 Å². The lowest BCUT2D eigenvalue weighted by Crippen LogP contribution is -2.11. The van der Waals surface area contributed by atoms with Crippen molar-refractivity contribution in [2.24, 2.45) is 0 Å². The molecular formula is C11H13ClO2.